The number of halogens is 1. The quantitative estimate of drug-likeness (QED) is 0.776. The van der Waals surface area contributed by atoms with Gasteiger partial charge in [-0.3, -0.25) is 4.79 Å². The van der Waals surface area contributed by atoms with Gasteiger partial charge in [0, 0.05) is 16.2 Å². The third-order valence-corrected chi connectivity index (χ3v) is 3.53. The molecule has 0 bridgehead atoms. The van der Waals surface area contributed by atoms with Crippen LogP contribution >= 0.6 is 15.9 Å². The van der Waals surface area contributed by atoms with Crippen LogP contribution in [0.25, 0.3) is 0 Å². The minimum absolute atomic E-state index is 0.0818. The minimum atomic E-state index is -0.926. The zero-order valence-corrected chi connectivity index (χ0v) is 12.5. The third kappa shape index (κ3) is 5.30. The zero-order valence-electron chi connectivity index (χ0n) is 10.9. The number of carboxylic acid groups (broad SMARTS) is 1. The van der Waals surface area contributed by atoms with Gasteiger partial charge in [0.25, 0.3) is 0 Å². The molecule has 0 saturated carbocycles. The van der Waals surface area contributed by atoms with Crippen LogP contribution in [0, 0.1) is 6.92 Å². The van der Waals surface area contributed by atoms with E-state index in [9.17, 15) is 9.59 Å². The van der Waals surface area contributed by atoms with Gasteiger partial charge in [0.2, 0.25) is 0 Å². The second-order valence-corrected chi connectivity index (χ2v) is 5.12. The summed E-state index contributed by atoms with van der Waals surface area (Å²) in [4.78, 5) is 22.3. The number of hydrogen-bond acceptors (Lipinski definition) is 2. The molecule has 0 heterocycles. The first-order valence-corrected chi connectivity index (χ1v) is 6.77. The molecule has 3 N–H and O–H groups in total. The lowest BCUT2D eigenvalue weighted by atomic mass is 10.1. The van der Waals surface area contributed by atoms with E-state index in [2.05, 4.69) is 26.6 Å². The number of carbonyl (C=O) groups excluding carboxylic acids is 1. The van der Waals surface area contributed by atoms with Crippen LogP contribution in [0.3, 0.4) is 0 Å². The normalized spacial score (nSPS) is 11.7. The van der Waals surface area contributed by atoms with Gasteiger partial charge in [0.05, 0.1) is 6.42 Å². The topological polar surface area (TPSA) is 78.4 Å². The van der Waals surface area contributed by atoms with Crippen molar-refractivity contribution in [1.82, 2.24) is 5.32 Å². The SMILES string of the molecule is CCC(CC(=O)O)NC(=O)Nc1ccc(C)c(Br)c1. The molecule has 2 amide bonds. The lowest BCUT2D eigenvalue weighted by Gasteiger charge is -2.15. The molecule has 0 aliphatic heterocycles. The third-order valence-electron chi connectivity index (χ3n) is 2.68. The van der Waals surface area contributed by atoms with Crippen LogP contribution in [0.15, 0.2) is 22.7 Å². The lowest BCUT2D eigenvalue weighted by Crippen LogP contribution is -2.38. The van der Waals surface area contributed by atoms with Gasteiger partial charge in [-0.2, -0.15) is 0 Å². The maximum Gasteiger partial charge on any atom is 0.319 e. The Bertz CT molecular complexity index is 477. The van der Waals surface area contributed by atoms with E-state index in [1.54, 1.807) is 12.1 Å². The van der Waals surface area contributed by atoms with Gasteiger partial charge in [0.1, 0.15) is 0 Å². The molecule has 0 aromatic heterocycles. The number of benzene rings is 1. The number of carbonyl (C=O) groups is 2. The van der Waals surface area contributed by atoms with Crippen molar-refractivity contribution >= 4 is 33.6 Å². The summed E-state index contributed by atoms with van der Waals surface area (Å²) >= 11 is 3.38. The van der Waals surface area contributed by atoms with Crippen LogP contribution in [-0.4, -0.2) is 23.1 Å². The Balaban J connectivity index is 2.58. The number of carboxylic acids is 1. The van der Waals surface area contributed by atoms with Gasteiger partial charge in [-0.1, -0.05) is 28.9 Å². The number of aryl methyl sites for hydroxylation is 1. The number of anilines is 1. The van der Waals surface area contributed by atoms with Gasteiger partial charge in [-0.25, -0.2) is 4.79 Å². The van der Waals surface area contributed by atoms with E-state index >= 15 is 0 Å². The van der Waals surface area contributed by atoms with Crippen molar-refractivity contribution in [2.75, 3.05) is 5.32 Å². The molecule has 6 heteroatoms. The first-order chi connectivity index (χ1) is 8.92. The van der Waals surface area contributed by atoms with Crippen molar-refractivity contribution in [3.63, 3.8) is 0 Å². The van der Waals surface area contributed by atoms with Gasteiger partial charge >= 0.3 is 12.0 Å². The molecule has 0 aliphatic carbocycles. The predicted molar refractivity (Wildman–Crippen MR) is 77.4 cm³/mol. The van der Waals surface area contributed by atoms with E-state index in [0.29, 0.717) is 12.1 Å². The summed E-state index contributed by atoms with van der Waals surface area (Å²) in [6.45, 7) is 3.78. The van der Waals surface area contributed by atoms with E-state index in [-0.39, 0.29) is 12.5 Å². The number of rotatable bonds is 5. The average molecular weight is 329 g/mol. The fourth-order valence-corrected chi connectivity index (χ4v) is 1.91. The molecule has 1 rings (SSSR count). The number of aliphatic carboxylic acids is 1. The van der Waals surface area contributed by atoms with Crippen LogP contribution in [0.2, 0.25) is 0 Å². The van der Waals surface area contributed by atoms with Crippen LogP contribution in [0.1, 0.15) is 25.3 Å². The summed E-state index contributed by atoms with van der Waals surface area (Å²) in [5, 5.41) is 14.0. The van der Waals surface area contributed by atoms with Crippen molar-refractivity contribution < 1.29 is 14.7 Å². The molecular weight excluding hydrogens is 312 g/mol. The van der Waals surface area contributed by atoms with Crippen molar-refractivity contribution in [3.05, 3.63) is 28.2 Å². The number of nitrogens with one attached hydrogen (secondary N) is 2. The number of hydrogen-bond donors (Lipinski definition) is 3. The molecule has 0 aliphatic rings. The van der Waals surface area contributed by atoms with Gasteiger partial charge < -0.3 is 15.7 Å². The van der Waals surface area contributed by atoms with Crippen molar-refractivity contribution in [2.24, 2.45) is 0 Å². The summed E-state index contributed by atoms with van der Waals surface area (Å²) in [6.07, 6.45) is 0.485. The van der Waals surface area contributed by atoms with Crippen LogP contribution in [0.5, 0.6) is 0 Å². The molecule has 0 saturated heterocycles. The number of urea groups is 1. The van der Waals surface area contributed by atoms with Crippen LogP contribution < -0.4 is 10.6 Å². The van der Waals surface area contributed by atoms with E-state index in [4.69, 9.17) is 5.11 Å². The molecule has 0 radical (unpaired) electrons. The fourth-order valence-electron chi connectivity index (χ4n) is 1.53. The Morgan fingerprint density at radius 3 is 2.63 bits per heavy atom. The van der Waals surface area contributed by atoms with Gasteiger partial charge in [0.15, 0.2) is 0 Å². The van der Waals surface area contributed by atoms with Crippen molar-refractivity contribution in [1.29, 1.82) is 0 Å². The van der Waals surface area contributed by atoms with E-state index in [1.807, 2.05) is 19.9 Å². The molecule has 1 atom stereocenters. The molecule has 0 fully saturated rings. The Morgan fingerprint density at radius 1 is 1.42 bits per heavy atom. The second kappa shape index (κ2) is 7.13. The van der Waals surface area contributed by atoms with Crippen LogP contribution in [0.4, 0.5) is 10.5 Å². The van der Waals surface area contributed by atoms with Crippen molar-refractivity contribution in [3.8, 4) is 0 Å². The zero-order chi connectivity index (χ0) is 14.4. The molecule has 0 spiro atoms. The number of amides is 2. The van der Waals surface area contributed by atoms with Crippen LogP contribution in [-0.2, 0) is 4.79 Å². The molecule has 104 valence electrons. The monoisotopic (exact) mass is 328 g/mol. The highest BCUT2D eigenvalue weighted by atomic mass is 79.9. The standard InChI is InChI=1S/C13H17BrN2O3/c1-3-9(7-12(17)18)15-13(19)16-10-5-4-8(2)11(14)6-10/h4-6,9H,3,7H2,1-2H3,(H,17,18)(H2,15,16,19). The Labute approximate surface area is 120 Å². The summed E-state index contributed by atoms with van der Waals surface area (Å²) < 4.78 is 0.905. The highest BCUT2D eigenvalue weighted by molar-refractivity contribution is 9.10. The first-order valence-electron chi connectivity index (χ1n) is 5.97. The minimum Gasteiger partial charge on any atom is -0.481 e. The largest absolute Gasteiger partial charge is 0.481 e. The maximum atomic E-state index is 11.7. The Kier molecular flexibility index (Phi) is 5.82. The predicted octanol–water partition coefficient (Wildman–Crippen LogP) is 3.13. The smallest absolute Gasteiger partial charge is 0.319 e. The van der Waals surface area contributed by atoms with Crippen molar-refractivity contribution in [2.45, 2.75) is 32.7 Å². The average Bonchev–Trinajstić information content (AvgIpc) is 2.32. The van der Waals surface area contributed by atoms with E-state index < -0.39 is 12.0 Å². The van der Waals surface area contributed by atoms with Gasteiger partial charge in [-0.15, -0.1) is 0 Å². The maximum absolute atomic E-state index is 11.7. The summed E-state index contributed by atoms with van der Waals surface area (Å²) in [5.41, 5.74) is 1.73. The first kappa shape index (κ1) is 15.5. The molecule has 1 aromatic carbocycles. The summed E-state index contributed by atoms with van der Waals surface area (Å²) in [6, 6.07) is 4.70. The summed E-state index contributed by atoms with van der Waals surface area (Å²) in [7, 11) is 0. The van der Waals surface area contributed by atoms with E-state index in [0.717, 1.165) is 10.0 Å². The van der Waals surface area contributed by atoms with Gasteiger partial charge in [-0.05, 0) is 31.0 Å². The Morgan fingerprint density at radius 2 is 2.11 bits per heavy atom. The Hall–Kier alpha value is -1.56. The molecular formula is C13H17BrN2O3. The lowest BCUT2D eigenvalue weighted by molar-refractivity contribution is -0.137. The second-order valence-electron chi connectivity index (χ2n) is 4.27. The fraction of sp³-hybridized carbons (Fsp3) is 0.385. The molecule has 5 nitrogen and oxygen atoms in total. The highest BCUT2D eigenvalue weighted by Gasteiger charge is 2.14. The van der Waals surface area contributed by atoms with E-state index in [1.165, 1.54) is 0 Å². The molecule has 19 heavy (non-hydrogen) atoms. The highest BCUT2D eigenvalue weighted by Crippen LogP contribution is 2.20. The molecule has 1 unspecified atom stereocenters. The molecule has 1 aromatic rings. The summed E-state index contributed by atoms with van der Waals surface area (Å²) in [5.74, 6) is -0.926.